The Morgan fingerprint density at radius 1 is 1.60 bits per heavy atom. The fraction of sp³-hybridized carbons (Fsp3) is 0.917. The summed E-state index contributed by atoms with van der Waals surface area (Å²) in [5.41, 5.74) is 5.74. The minimum Gasteiger partial charge on any atom is -0.378 e. The van der Waals surface area contributed by atoms with Gasteiger partial charge in [0.1, 0.15) is 5.78 Å². The van der Waals surface area contributed by atoms with E-state index < -0.39 is 0 Å². The highest BCUT2D eigenvalue weighted by atomic mass is 16.5. The highest BCUT2D eigenvalue weighted by Gasteiger charge is 2.17. The van der Waals surface area contributed by atoms with Crippen LogP contribution in [0.2, 0.25) is 0 Å². The maximum Gasteiger partial charge on any atom is 0.149 e. The van der Waals surface area contributed by atoms with E-state index in [1.165, 1.54) is 6.42 Å². The van der Waals surface area contributed by atoms with Gasteiger partial charge in [0.05, 0.1) is 12.1 Å². The number of hydrogen-bond acceptors (Lipinski definition) is 3. The van der Waals surface area contributed by atoms with Gasteiger partial charge in [-0.25, -0.2) is 0 Å². The van der Waals surface area contributed by atoms with Crippen molar-refractivity contribution in [3.8, 4) is 0 Å². The van der Waals surface area contributed by atoms with Crippen LogP contribution in [0, 0.1) is 0 Å². The number of Topliss-reactive ketones (excluding diaryl/α,β-unsaturated/α-hetero) is 1. The van der Waals surface area contributed by atoms with Crippen LogP contribution in [0.3, 0.4) is 0 Å². The maximum absolute atomic E-state index is 11.5. The van der Waals surface area contributed by atoms with Gasteiger partial charge < -0.3 is 10.5 Å². The summed E-state index contributed by atoms with van der Waals surface area (Å²) in [6.45, 7) is 2.95. The first-order chi connectivity index (χ1) is 7.24. The van der Waals surface area contributed by atoms with E-state index in [0.717, 1.165) is 38.7 Å². The monoisotopic (exact) mass is 213 g/mol. The zero-order valence-electron chi connectivity index (χ0n) is 9.71. The van der Waals surface area contributed by atoms with Gasteiger partial charge >= 0.3 is 0 Å². The molecule has 0 bridgehead atoms. The SMILES string of the molecule is CCCC(N)C(=O)CCCC1CCCO1. The second kappa shape index (κ2) is 6.96. The van der Waals surface area contributed by atoms with Gasteiger partial charge in [-0.3, -0.25) is 4.79 Å². The van der Waals surface area contributed by atoms with Crippen LogP contribution in [0.1, 0.15) is 51.9 Å². The van der Waals surface area contributed by atoms with Crippen LogP contribution >= 0.6 is 0 Å². The van der Waals surface area contributed by atoms with Crippen LogP contribution in [-0.4, -0.2) is 24.5 Å². The molecule has 0 aromatic carbocycles. The zero-order chi connectivity index (χ0) is 11.1. The van der Waals surface area contributed by atoms with E-state index in [2.05, 4.69) is 6.92 Å². The Morgan fingerprint density at radius 2 is 2.40 bits per heavy atom. The van der Waals surface area contributed by atoms with E-state index in [-0.39, 0.29) is 11.8 Å². The summed E-state index contributed by atoms with van der Waals surface area (Å²) in [5, 5.41) is 0. The largest absolute Gasteiger partial charge is 0.378 e. The van der Waals surface area contributed by atoms with Gasteiger partial charge in [-0.1, -0.05) is 13.3 Å². The zero-order valence-corrected chi connectivity index (χ0v) is 9.71. The topological polar surface area (TPSA) is 52.3 Å². The number of ketones is 1. The molecule has 2 unspecified atom stereocenters. The molecule has 1 heterocycles. The van der Waals surface area contributed by atoms with Crippen molar-refractivity contribution in [1.82, 2.24) is 0 Å². The molecule has 1 saturated heterocycles. The molecule has 3 nitrogen and oxygen atoms in total. The molecule has 2 N–H and O–H groups in total. The van der Waals surface area contributed by atoms with Crippen LogP contribution in [0.4, 0.5) is 0 Å². The molecular formula is C12H23NO2. The fourth-order valence-electron chi connectivity index (χ4n) is 2.03. The molecule has 0 spiro atoms. The Morgan fingerprint density at radius 3 is 3.00 bits per heavy atom. The van der Waals surface area contributed by atoms with Crippen LogP contribution < -0.4 is 5.73 Å². The number of carbonyl (C=O) groups is 1. The molecule has 1 aliphatic rings. The van der Waals surface area contributed by atoms with Crippen molar-refractivity contribution < 1.29 is 9.53 Å². The predicted octanol–water partition coefficient (Wildman–Crippen LogP) is 2.03. The summed E-state index contributed by atoms with van der Waals surface area (Å²) in [6.07, 6.45) is 7.12. The highest BCUT2D eigenvalue weighted by Crippen LogP contribution is 2.17. The first kappa shape index (κ1) is 12.7. The summed E-state index contributed by atoms with van der Waals surface area (Å²) in [7, 11) is 0. The molecule has 0 radical (unpaired) electrons. The normalized spacial score (nSPS) is 22.9. The standard InChI is InChI=1S/C12H23NO2/c1-2-5-11(13)12(14)8-3-6-10-7-4-9-15-10/h10-11H,2-9,13H2,1H3. The molecule has 0 amide bonds. The lowest BCUT2D eigenvalue weighted by molar-refractivity contribution is -0.120. The third kappa shape index (κ3) is 4.76. The smallest absolute Gasteiger partial charge is 0.149 e. The third-order valence-corrected chi connectivity index (χ3v) is 2.99. The molecule has 0 aliphatic carbocycles. The molecule has 88 valence electrons. The molecule has 15 heavy (non-hydrogen) atoms. The quantitative estimate of drug-likeness (QED) is 0.704. The van der Waals surface area contributed by atoms with E-state index in [9.17, 15) is 4.79 Å². The summed E-state index contributed by atoms with van der Waals surface area (Å²) in [6, 6.07) is -0.237. The van der Waals surface area contributed by atoms with Crippen molar-refractivity contribution in [3.05, 3.63) is 0 Å². The van der Waals surface area contributed by atoms with Gasteiger partial charge in [0.2, 0.25) is 0 Å². The van der Waals surface area contributed by atoms with E-state index in [4.69, 9.17) is 10.5 Å². The van der Waals surface area contributed by atoms with Gasteiger partial charge in [-0.15, -0.1) is 0 Å². The van der Waals surface area contributed by atoms with Crippen LogP contribution in [-0.2, 0) is 9.53 Å². The lowest BCUT2D eigenvalue weighted by atomic mass is 10.0. The maximum atomic E-state index is 11.5. The van der Waals surface area contributed by atoms with E-state index >= 15 is 0 Å². The van der Waals surface area contributed by atoms with Gasteiger partial charge in [0.25, 0.3) is 0 Å². The van der Waals surface area contributed by atoms with Gasteiger partial charge in [0, 0.05) is 13.0 Å². The lowest BCUT2D eigenvalue weighted by Crippen LogP contribution is -2.30. The van der Waals surface area contributed by atoms with Crippen molar-refractivity contribution in [1.29, 1.82) is 0 Å². The number of nitrogens with two attached hydrogens (primary N) is 1. The van der Waals surface area contributed by atoms with Crippen molar-refractivity contribution in [2.24, 2.45) is 5.73 Å². The molecular weight excluding hydrogens is 190 g/mol. The number of hydrogen-bond donors (Lipinski definition) is 1. The number of ether oxygens (including phenoxy) is 1. The molecule has 1 aliphatic heterocycles. The summed E-state index contributed by atoms with van der Waals surface area (Å²) in [4.78, 5) is 11.5. The second-order valence-electron chi connectivity index (χ2n) is 4.39. The Kier molecular flexibility index (Phi) is 5.88. The fourth-order valence-corrected chi connectivity index (χ4v) is 2.03. The Labute approximate surface area is 92.4 Å². The van der Waals surface area contributed by atoms with E-state index in [1.807, 2.05) is 0 Å². The van der Waals surface area contributed by atoms with Gasteiger partial charge in [-0.05, 0) is 32.1 Å². The first-order valence-corrected chi connectivity index (χ1v) is 6.14. The molecule has 0 saturated carbocycles. The third-order valence-electron chi connectivity index (χ3n) is 2.99. The van der Waals surface area contributed by atoms with Crippen molar-refractivity contribution >= 4 is 5.78 Å². The number of carbonyl (C=O) groups excluding carboxylic acids is 1. The van der Waals surface area contributed by atoms with E-state index in [1.54, 1.807) is 0 Å². The Hall–Kier alpha value is -0.410. The Bertz CT molecular complexity index is 188. The molecule has 1 rings (SSSR count). The summed E-state index contributed by atoms with van der Waals surface area (Å²) >= 11 is 0. The average molecular weight is 213 g/mol. The summed E-state index contributed by atoms with van der Waals surface area (Å²) < 4.78 is 5.50. The predicted molar refractivity (Wildman–Crippen MR) is 60.7 cm³/mol. The second-order valence-corrected chi connectivity index (χ2v) is 4.39. The van der Waals surface area contributed by atoms with Crippen molar-refractivity contribution in [2.75, 3.05) is 6.61 Å². The first-order valence-electron chi connectivity index (χ1n) is 6.14. The van der Waals surface area contributed by atoms with Crippen LogP contribution in [0.15, 0.2) is 0 Å². The van der Waals surface area contributed by atoms with Crippen molar-refractivity contribution in [2.45, 2.75) is 64.0 Å². The minimum atomic E-state index is -0.237. The van der Waals surface area contributed by atoms with Crippen molar-refractivity contribution in [3.63, 3.8) is 0 Å². The van der Waals surface area contributed by atoms with Crippen LogP contribution in [0.25, 0.3) is 0 Å². The molecule has 3 heteroatoms. The summed E-state index contributed by atoms with van der Waals surface area (Å²) in [5.74, 6) is 0.217. The van der Waals surface area contributed by atoms with Gasteiger partial charge in [0.15, 0.2) is 0 Å². The van der Waals surface area contributed by atoms with Gasteiger partial charge in [-0.2, -0.15) is 0 Å². The Balaban J connectivity index is 2.05. The average Bonchev–Trinajstić information content (AvgIpc) is 2.71. The lowest BCUT2D eigenvalue weighted by Gasteiger charge is -2.11. The number of rotatable bonds is 7. The molecule has 0 aromatic rings. The minimum absolute atomic E-state index is 0.217. The molecule has 1 fully saturated rings. The molecule has 0 aromatic heterocycles. The van der Waals surface area contributed by atoms with E-state index in [0.29, 0.717) is 12.5 Å². The van der Waals surface area contributed by atoms with Crippen LogP contribution in [0.5, 0.6) is 0 Å². The molecule has 2 atom stereocenters. The highest BCUT2D eigenvalue weighted by molar-refractivity contribution is 5.83.